The van der Waals surface area contributed by atoms with Crippen LogP contribution >= 0.6 is 0 Å². The first-order chi connectivity index (χ1) is 13.9. The monoisotopic (exact) mass is 397 g/mol. The molecule has 2 heterocycles. The number of hydrogen-bond donors (Lipinski definition) is 2. The molecule has 0 aliphatic heterocycles. The molecule has 8 heteroatoms. The molecule has 1 aliphatic rings. The minimum atomic E-state index is -0.283. The number of carbonyl (C=O) groups excluding carboxylic acids is 1. The van der Waals surface area contributed by atoms with Gasteiger partial charge in [-0.2, -0.15) is 5.10 Å². The molecular weight excluding hydrogens is 373 g/mol. The number of aromatic nitrogens is 4. The van der Waals surface area contributed by atoms with E-state index in [2.05, 4.69) is 20.5 Å². The number of amides is 1. The Morgan fingerprint density at radius 2 is 2.07 bits per heavy atom. The predicted octanol–water partition coefficient (Wildman–Crippen LogP) is 2.34. The number of benzene rings is 1. The quantitative estimate of drug-likeness (QED) is 0.691. The van der Waals surface area contributed by atoms with Crippen molar-refractivity contribution in [3.8, 4) is 0 Å². The Bertz CT molecular complexity index is 1130. The second-order valence-electron chi connectivity index (χ2n) is 7.86. The average Bonchev–Trinajstić information content (AvgIpc) is 3.31. The summed E-state index contributed by atoms with van der Waals surface area (Å²) in [5.41, 5.74) is 1.24. The van der Waals surface area contributed by atoms with Crippen LogP contribution in [0.3, 0.4) is 0 Å². The van der Waals surface area contributed by atoms with E-state index in [1.165, 1.54) is 10.5 Å². The highest BCUT2D eigenvalue weighted by Gasteiger charge is 2.36. The molecule has 0 saturated heterocycles. The summed E-state index contributed by atoms with van der Waals surface area (Å²) in [7, 11) is 0. The minimum absolute atomic E-state index is 0.0511. The number of carbonyl (C=O) groups is 1. The van der Waals surface area contributed by atoms with Crippen LogP contribution in [-0.2, 0) is 16.6 Å². The van der Waals surface area contributed by atoms with Crippen molar-refractivity contribution in [3.63, 3.8) is 0 Å². The van der Waals surface area contributed by atoms with Crippen LogP contribution in [0, 0.1) is 19.7 Å². The highest BCUT2D eigenvalue weighted by Crippen LogP contribution is 2.40. The van der Waals surface area contributed by atoms with Gasteiger partial charge in [-0.15, -0.1) is 0 Å². The number of hydrogen-bond acceptors (Lipinski definition) is 4. The lowest BCUT2D eigenvalue weighted by atomic mass is 9.78. The van der Waals surface area contributed by atoms with Crippen LogP contribution in [0.4, 0.5) is 4.39 Å². The molecule has 2 N–H and O–H groups in total. The molecule has 2 aromatic heterocycles. The Hall–Kier alpha value is -3.03. The van der Waals surface area contributed by atoms with E-state index in [0.29, 0.717) is 29.4 Å². The topological polar surface area (TPSA) is 92.2 Å². The first-order valence-electron chi connectivity index (χ1n) is 9.86. The van der Waals surface area contributed by atoms with E-state index in [-0.39, 0.29) is 29.1 Å². The molecule has 0 unspecified atom stereocenters. The molecule has 0 radical (unpaired) electrons. The maximum atomic E-state index is 13.8. The third kappa shape index (κ3) is 3.54. The Kier molecular flexibility index (Phi) is 4.94. The van der Waals surface area contributed by atoms with Crippen molar-refractivity contribution < 1.29 is 9.18 Å². The molecule has 0 spiro atoms. The van der Waals surface area contributed by atoms with Gasteiger partial charge in [0.1, 0.15) is 11.6 Å². The van der Waals surface area contributed by atoms with Gasteiger partial charge in [0.05, 0.1) is 12.1 Å². The summed E-state index contributed by atoms with van der Waals surface area (Å²) in [6, 6.07) is 6.64. The predicted molar refractivity (Wildman–Crippen MR) is 106 cm³/mol. The van der Waals surface area contributed by atoms with Gasteiger partial charge in [-0.3, -0.25) is 9.59 Å². The lowest BCUT2D eigenvalue weighted by Crippen LogP contribution is -2.40. The molecule has 1 aliphatic carbocycles. The van der Waals surface area contributed by atoms with Gasteiger partial charge in [-0.25, -0.2) is 18.9 Å². The van der Waals surface area contributed by atoms with Gasteiger partial charge in [-0.05, 0) is 44.4 Å². The third-order valence-corrected chi connectivity index (χ3v) is 5.98. The van der Waals surface area contributed by atoms with Crippen LogP contribution in [0.15, 0.2) is 29.1 Å². The van der Waals surface area contributed by atoms with Crippen molar-refractivity contribution in [2.45, 2.75) is 51.4 Å². The summed E-state index contributed by atoms with van der Waals surface area (Å²) in [4.78, 5) is 29.8. The Morgan fingerprint density at radius 1 is 1.31 bits per heavy atom. The summed E-state index contributed by atoms with van der Waals surface area (Å²) >= 11 is 0. The van der Waals surface area contributed by atoms with E-state index in [1.807, 2.05) is 6.07 Å². The lowest BCUT2D eigenvalue weighted by molar-refractivity contribution is -0.120. The van der Waals surface area contributed by atoms with E-state index < -0.39 is 0 Å². The van der Waals surface area contributed by atoms with Gasteiger partial charge in [-0.1, -0.05) is 25.0 Å². The van der Waals surface area contributed by atoms with Gasteiger partial charge < -0.3 is 5.32 Å². The third-order valence-electron chi connectivity index (χ3n) is 5.98. The zero-order chi connectivity index (χ0) is 20.6. The van der Waals surface area contributed by atoms with Crippen LogP contribution in [0.2, 0.25) is 0 Å². The number of fused-ring (bicyclic) bond motifs is 1. The highest BCUT2D eigenvalue weighted by molar-refractivity contribution is 5.79. The van der Waals surface area contributed by atoms with Crippen molar-refractivity contribution in [2.75, 3.05) is 6.54 Å². The van der Waals surface area contributed by atoms with Crippen LogP contribution < -0.4 is 10.9 Å². The van der Waals surface area contributed by atoms with Gasteiger partial charge in [0, 0.05) is 17.5 Å². The Labute approximate surface area is 167 Å². The number of aromatic amines is 1. The minimum Gasteiger partial charge on any atom is -0.355 e. The molecule has 152 valence electrons. The van der Waals surface area contributed by atoms with Crippen LogP contribution in [0.1, 0.15) is 48.3 Å². The molecule has 7 nitrogen and oxygen atoms in total. The van der Waals surface area contributed by atoms with Crippen molar-refractivity contribution >= 4 is 11.7 Å². The first-order valence-corrected chi connectivity index (χ1v) is 9.86. The number of nitrogens with one attached hydrogen (secondary N) is 2. The lowest BCUT2D eigenvalue weighted by Gasteiger charge is -2.30. The van der Waals surface area contributed by atoms with E-state index in [1.54, 1.807) is 26.0 Å². The van der Waals surface area contributed by atoms with Crippen LogP contribution in [0.5, 0.6) is 0 Å². The summed E-state index contributed by atoms with van der Waals surface area (Å²) in [5, 5.41) is 9.69. The fourth-order valence-electron chi connectivity index (χ4n) is 4.35. The molecule has 1 aromatic carbocycles. The number of halogens is 1. The smallest absolute Gasteiger partial charge is 0.264 e. The van der Waals surface area contributed by atoms with Crippen molar-refractivity contribution in [3.05, 3.63) is 63.1 Å². The molecule has 4 rings (SSSR count). The molecular formula is C21H24FN5O2. The molecule has 0 atom stereocenters. The van der Waals surface area contributed by atoms with Crippen molar-refractivity contribution in [2.24, 2.45) is 0 Å². The number of rotatable bonds is 5. The van der Waals surface area contributed by atoms with Crippen LogP contribution in [0.25, 0.3) is 5.78 Å². The zero-order valence-electron chi connectivity index (χ0n) is 16.6. The fourth-order valence-corrected chi connectivity index (χ4v) is 4.35. The second kappa shape index (κ2) is 7.42. The second-order valence-corrected chi connectivity index (χ2v) is 7.86. The Morgan fingerprint density at radius 3 is 2.79 bits per heavy atom. The number of nitrogens with zero attached hydrogens (tertiary/aromatic N) is 3. The molecule has 1 saturated carbocycles. The standard InChI is InChI=1S/C21H24FN5O2/c1-13-17(19(29)27-14(2)25-26-20(27)24-13)11-18(28)23-12-21(8-3-4-9-21)15-6-5-7-16(22)10-15/h5-7,10H,3-4,8-9,11-12H2,1-2H3,(H,23,28)(H,24,26). The molecule has 29 heavy (non-hydrogen) atoms. The summed E-state index contributed by atoms with van der Waals surface area (Å²) < 4.78 is 15.1. The maximum absolute atomic E-state index is 13.8. The van der Waals surface area contributed by atoms with Gasteiger partial charge in [0.2, 0.25) is 11.7 Å². The van der Waals surface area contributed by atoms with E-state index in [0.717, 1.165) is 31.2 Å². The molecule has 3 aromatic rings. The zero-order valence-corrected chi connectivity index (χ0v) is 16.6. The number of H-pyrrole nitrogens is 1. The van der Waals surface area contributed by atoms with Gasteiger partial charge in [0.25, 0.3) is 5.56 Å². The van der Waals surface area contributed by atoms with E-state index in [4.69, 9.17) is 0 Å². The van der Waals surface area contributed by atoms with Crippen molar-refractivity contribution in [1.29, 1.82) is 0 Å². The normalized spacial score (nSPS) is 15.7. The van der Waals surface area contributed by atoms with E-state index >= 15 is 0 Å². The highest BCUT2D eigenvalue weighted by atomic mass is 19.1. The van der Waals surface area contributed by atoms with Gasteiger partial charge in [0.15, 0.2) is 0 Å². The van der Waals surface area contributed by atoms with E-state index in [9.17, 15) is 14.0 Å². The molecule has 1 fully saturated rings. The van der Waals surface area contributed by atoms with Gasteiger partial charge >= 0.3 is 0 Å². The average molecular weight is 397 g/mol. The van der Waals surface area contributed by atoms with Crippen LogP contribution in [-0.4, -0.2) is 32.0 Å². The summed E-state index contributed by atoms with van der Waals surface area (Å²) in [5.74, 6) is 0.356. The summed E-state index contributed by atoms with van der Waals surface area (Å²) in [6.07, 6.45) is 3.85. The molecule has 0 bridgehead atoms. The van der Waals surface area contributed by atoms with Crippen molar-refractivity contribution in [1.82, 2.24) is 24.9 Å². The first kappa shape index (κ1) is 19.3. The maximum Gasteiger partial charge on any atom is 0.264 e. The molecule has 1 amide bonds. The SMILES string of the molecule is Cc1nc2[nH]nc(C)n2c(=O)c1CC(=O)NCC1(c2cccc(F)c2)CCCC1. The number of aryl methyl sites for hydroxylation is 2. The fraction of sp³-hybridized carbons (Fsp3) is 0.429. The summed E-state index contributed by atoms with van der Waals surface area (Å²) in [6.45, 7) is 3.84. The largest absolute Gasteiger partial charge is 0.355 e. The Balaban J connectivity index is 1.53.